The van der Waals surface area contributed by atoms with Crippen LogP contribution in [0.1, 0.15) is 24.3 Å². The van der Waals surface area contributed by atoms with Gasteiger partial charge in [-0.2, -0.15) is 0 Å². The van der Waals surface area contributed by atoms with Crippen molar-refractivity contribution in [3.8, 4) is 10.6 Å². The number of nitrogens with one attached hydrogen (secondary N) is 1. The van der Waals surface area contributed by atoms with Gasteiger partial charge < -0.3 is 15.0 Å². The molecule has 1 N–H and O–H groups in total. The lowest BCUT2D eigenvalue weighted by Gasteiger charge is -2.35. The van der Waals surface area contributed by atoms with Gasteiger partial charge in [0.1, 0.15) is 29.2 Å². The van der Waals surface area contributed by atoms with Crippen LogP contribution in [0.5, 0.6) is 0 Å². The maximum Gasteiger partial charge on any atom is 0.410 e. The topological polar surface area (TPSA) is 105 Å². The minimum absolute atomic E-state index is 0.0610. The first-order valence-corrected chi connectivity index (χ1v) is 10.8. The number of rotatable bonds is 5. The number of hydrogen-bond acceptors (Lipinski definition) is 7. The maximum absolute atomic E-state index is 13.0. The average molecular weight is 430 g/mol. The molecule has 1 aromatic carbocycles. The summed E-state index contributed by atoms with van der Waals surface area (Å²) >= 11 is 1.49. The molecule has 0 aliphatic carbocycles. The van der Waals surface area contributed by atoms with E-state index >= 15 is 0 Å². The number of nitrogens with zero attached hydrogens (tertiary/aromatic N) is 4. The predicted octanol–water partition coefficient (Wildman–Crippen LogP) is 2.29. The van der Waals surface area contributed by atoms with Crippen molar-refractivity contribution in [2.75, 3.05) is 31.6 Å². The second-order valence-electron chi connectivity index (χ2n) is 7.33. The number of likely N-dealkylation sites (tertiary alicyclic amines) is 1. The minimum Gasteiger partial charge on any atom is -0.448 e. The SMILES string of the molecule is Cc1nnc(-c2cccc(NC(=O)[C@@H]3CCCCN3C(=O)CN3CCOC3=O)c2)s1. The predicted molar refractivity (Wildman–Crippen MR) is 111 cm³/mol. The van der Waals surface area contributed by atoms with Gasteiger partial charge >= 0.3 is 6.09 Å². The summed E-state index contributed by atoms with van der Waals surface area (Å²) in [5.74, 6) is -0.454. The van der Waals surface area contributed by atoms with Crippen LogP contribution in [0, 0.1) is 6.92 Å². The summed E-state index contributed by atoms with van der Waals surface area (Å²) in [6.45, 7) is 3.02. The normalized spacial score (nSPS) is 19.0. The monoisotopic (exact) mass is 429 g/mol. The van der Waals surface area contributed by atoms with E-state index in [1.807, 2.05) is 31.2 Å². The number of piperidine rings is 1. The number of cyclic esters (lactones) is 1. The van der Waals surface area contributed by atoms with Crippen molar-refractivity contribution in [1.29, 1.82) is 0 Å². The highest BCUT2D eigenvalue weighted by molar-refractivity contribution is 7.14. The van der Waals surface area contributed by atoms with Crippen molar-refractivity contribution in [1.82, 2.24) is 20.0 Å². The van der Waals surface area contributed by atoms with Crippen LogP contribution in [0.25, 0.3) is 10.6 Å². The summed E-state index contributed by atoms with van der Waals surface area (Å²) in [5, 5.41) is 12.8. The summed E-state index contributed by atoms with van der Waals surface area (Å²) in [7, 11) is 0. The summed E-state index contributed by atoms with van der Waals surface area (Å²) in [6, 6.07) is 6.88. The van der Waals surface area contributed by atoms with Crippen LogP contribution in [-0.4, -0.2) is 70.2 Å². The smallest absolute Gasteiger partial charge is 0.410 e. The summed E-state index contributed by atoms with van der Waals surface area (Å²) in [5.41, 5.74) is 1.52. The fourth-order valence-corrected chi connectivity index (χ4v) is 4.38. The Kier molecular flexibility index (Phi) is 5.93. The Morgan fingerprint density at radius 3 is 2.87 bits per heavy atom. The molecule has 2 aromatic rings. The number of ether oxygens (including phenoxy) is 1. The Balaban J connectivity index is 1.44. The van der Waals surface area contributed by atoms with Gasteiger partial charge in [-0.15, -0.1) is 10.2 Å². The molecule has 2 saturated heterocycles. The van der Waals surface area contributed by atoms with E-state index in [4.69, 9.17) is 4.74 Å². The standard InChI is InChI=1S/C20H23N5O4S/c1-13-22-23-19(30-13)14-5-4-6-15(11-14)21-18(27)16-7-2-3-8-25(16)17(26)12-24-9-10-29-20(24)28/h4-6,11,16H,2-3,7-10,12H2,1H3,(H,21,27)/t16-/m0/s1. The Morgan fingerprint density at radius 1 is 1.27 bits per heavy atom. The molecule has 0 unspecified atom stereocenters. The van der Waals surface area contributed by atoms with E-state index in [9.17, 15) is 14.4 Å². The number of aryl methyl sites for hydroxylation is 1. The van der Waals surface area contributed by atoms with Crippen LogP contribution in [-0.2, 0) is 14.3 Å². The molecule has 2 aliphatic rings. The molecular weight excluding hydrogens is 406 g/mol. The largest absolute Gasteiger partial charge is 0.448 e. The van der Waals surface area contributed by atoms with Gasteiger partial charge in [-0.3, -0.25) is 14.5 Å². The molecule has 0 saturated carbocycles. The Labute approximate surface area is 178 Å². The Morgan fingerprint density at radius 2 is 2.13 bits per heavy atom. The Hall–Kier alpha value is -3.01. The van der Waals surface area contributed by atoms with E-state index in [2.05, 4.69) is 15.5 Å². The second-order valence-corrected chi connectivity index (χ2v) is 8.51. The van der Waals surface area contributed by atoms with E-state index < -0.39 is 12.1 Å². The minimum atomic E-state index is -0.558. The molecule has 0 spiro atoms. The maximum atomic E-state index is 13.0. The van der Waals surface area contributed by atoms with Crippen molar-refractivity contribution in [2.45, 2.75) is 32.2 Å². The average Bonchev–Trinajstić information content (AvgIpc) is 3.36. The Bertz CT molecular complexity index is 962. The van der Waals surface area contributed by atoms with Gasteiger partial charge in [0.2, 0.25) is 11.8 Å². The lowest BCUT2D eigenvalue weighted by atomic mass is 10.0. The number of amides is 3. The third kappa shape index (κ3) is 4.43. The molecule has 2 fully saturated rings. The quantitative estimate of drug-likeness (QED) is 0.782. The first-order valence-electron chi connectivity index (χ1n) is 9.94. The number of carbonyl (C=O) groups excluding carboxylic acids is 3. The number of anilines is 1. The van der Waals surface area contributed by atoms with Crippen molar-refractivity contribution < 1.29 is 19.1 Å². The molecule has 2 aliphatic heterocycles. The first kappa shape index (κ1) is 20.3. The fraction of sp³-hybridized carbons (Fsp3) is 0.450. The number of carbonyl (C=O) groups is 3. The number of aromatic nitrogens is 2. The van der Waals surface area contributed by atoms with Crippen molar-refractivity contribution >= 4 is 34.9 Å². The zero-order valence-electron chi connectivity index (χ0n) is 16.7. The van der Waals surface area contributed by atoms with Gasteiger partial charge in [-0.1, -0.05) is 23.5 Å². The molecular formula is C20H23N5O4S. The highest BCUT2D eigenvalue weighted by Gasteiger charge is 2.34. The number of hydrogen-bond donors (Lipinski definition) is 1. The zero-order chi connectivity index (χ0) is 21.1. The zero-order valence-corrected chi connectivity index (χ0v) is 17.5. The van der Waals surface area contributed by atoms with E-state index in [-0.39, 0.29) is 18.4 Å². The van der Waals surface area contributed by atoms with Crippen molar-refractivity contribution in [3.63, 3.8) is 0 Å². The summed E-state index contributed by atoms with van der Waals surface area (Å²) in [6.07, 6.45) is 1.83. The van der Waals surface area contributed by atoms with E-state index in [0.29, 0.717) is 31.8 Å². The van der Waals surface area contributed by atoms with Gasteiger partial charge in [0.15, 0.2) is 0 Å². The summed E-state index contributed by atoms with van der Waals surface area (Å²) < 4.78 is 4.88. The molecule has 9 nitrogen and oxygen atoms in total. The molecule has 3 heterocycles. The fourth-order valence-electron chi connectivity index (χ4n) is 3.69. The highest BCUT2D eigenvalue weighted by Crippen LogP contribution is 2.26. The van der Waals surface area contributed by atoms with Gasteiger partial charge in [0.25, 0.3) is 0 Å². The molecule has 1 atom stereocenters. The van der Waals surface area contributed by atoms with E-state index in [1.165, 1.54) is 16.2 Å². The molecule has 0 bridgehead atoms. The van der Waals surface area contributed by atoms with Crippen LogP contribution in [0.15, 0.2) is 24.3 Å². The molecule has 0 radical (unpaired) electrons. The van der Waals surface area contributed by atoms with Crippen LogP contribution >= 0.6 is 11.3 Å². The first-order chi connectivity index (χ1) is 14.5. The second kappa shape index (κ2) is 8.78. The molecule has 1 aromatic heterocycles. The molecule has 3 amide bonds. The third-order valence-corrected chi connectivity index (χ3v) is 6.09. The molecule has 30 heavy (non-hydrogen) atoms. The van der Waals surface area contributed by atoms with Gasteiger partial charge in [-0.25, -0.2) is 4.79 Å². The summed E-state index contributed by atoms with van der Waals surface area (Å²) in [4.78, 5) is 40.4. The highest BCUT2D eigenvalue weighted by atomic mass is 32.1. The molecule has 10 heteroatoms. The molecule has 4 rings (SSSR count). The van der Waals surface area contributed by atoms with Crippen LogP contribution in [0.2, 0.25) is 0 Å². The lowest BCUT2D eigenvalue weighted by molar-refractivity contribution is -0.140. The van der Waals surface area contributed by atoms with Crippen molar-refractivity contribution in [3.05, 3.63) is 29.3 Å². The number of benzene rings is 1. The third-order valence-electron chi connectivity index (χ3n) is 5.20. The van der Waals surface area contributed by atoms with Crippen LogP contribution in [0.4, 0.5) is 10.5 Å². The van der Waals surface area contributed by atoms with Gasteiger partial charge in [0, 0.05) is 17.8 Å². The van der Waals surface area contributed by atoms with Crippen molar-refractivity contribution in [2.24, 2.45) is 0 Å². The van der Waals surface area contributed by atoms with Gasteiger partial charge in [0.05, 0.1) is 6.54 Å². The lowest BCUT2D eigenvalue weighted by Crippen LogP contribution is -2.52. The van der Waals surface area contributed by atoms with E-state index in [1.54, 1.807) is 4.90 Å². The van der Waals surface area contributed by atoms with E-state index in [0.717, 1.165) is 28.4 Å². The van der Waals surface area contributed by atoms with Crippen LogP contribution < -0.4 is 5.32 Å². The van der Waals surface area contributed by atoms with Gasteiger partial charge in [-0.05, 0) is 38.3 Å². The molecule has 158 valence electrons. The van der Waals surface area contributed by atoms with Crippen LogP contribution in [0.3, 0.4) is 0 Å².